The number of piperidine rings is 1. The maximum Gasteiger partial charge on any atom is 0.257 e. The van der Waals surface area contributed by atoms with Crippen LogP contribution in [-0.4, -0.2) is 43.6 Å². The van der Waals surface area contributed by atoms with Gasteiger partial charge in [-0.15, -0.1) is 0 Å². The topological polar surface area (TPSA) is 66.8 Å². The Bertz CT molecular complexity index is 657. The minimum atomic E-state index is 0.0774. The summed E-state index contributed by atoms with van der Waals surface area (Å²) < 4.78 is 1.69. The Kier molecular flexibility index (Phi) is 3.53. The zero-order chi connectivity index (χ0) is 15.0. The van der Waals surface area contributed by atoms with Gasteiger partial charge in [0.1, 0.15) is 5.82 Å². The van der Waals surface area contributed by atoms with Gasteiger partial charge in [0.2, 0.25) is 0 Å². The van der Waals surface area contributed by atoms with Crippen molar-refractivity contribution >= 4 is 5.91 Å². The van der Waals surface area contributed by atoms with Crippen LogP contribution in [0.4, 0.5) is 0 Å². The zero-order valence-corrected chi connectivity index (χ0v) is 12.8. The second-order valence-corrected chi connectivity index (χ2v) is 5.84. The highest BCUT2D eigenvalue weighted by Crippen LogP contribution is 2.26. The smallest absolute Gasteiger partial charge is 0.257 e. The normalized spacial score (nSPS) is 19.0. The number of aryl methyl sites for hydroxylation is 3. The van der Waals surface area contributed by atoms with E-state index in [0.29, 0.717) is 11.5 Å². The van der Waals surface area contributed by atoms with E-state index in [1.54, 1.807) is 10.9 Å². The van der Waals surface area contributed by atoms with E-state index in [1.807, 2.05) is 32.0 Å². The summed E-state index contributed by atoms with van der Waals surface area (Å²) in [7, 11) is 1.84. The monoisotopic (exact) mass is 287 g/mol. The van der Waals surface area contributed by atoms with Crippen LogP contribution in [0.15, 0.2) is 12.4 Å². The number of hydrogen-bond acceptors (Lipinski definition) is 3. The molecule has 21 heavy (non-hydrogen) atoms. The van der Waals surface area contributed by atoms with Crippen molar-refractivity contribution in [2.24, 2.45) is 7.05 Å². The Morgan fingerprint density at radius 1 is 1.43 bits per heavy atom. The molecule has 0 bridgehead atoms. The molecule has 0 saturated carbocycles. The summed E-state index contributed by atoms with van der Waals surface area (Å²) >= 11 is 0. The van der Waals surface area contributed by atoms with E-state index in [2.05, 4.69) is 15.1 Å². The standard InChI is InChI=1S/C15H21N5O/c1-10-7-16-14(17-10)12-5-4-6-20(8-12)15(21)13-9-19(3)18-11(13)2/h7,9,12H,4-6,8H2,1-3H3,(H,16,17). The second kappa shape index (κ2) is 5.35. The molecule has 1 atom stereocenters. The van der Waals surface area contributed by atoms with E-state index >= 15 is 0 Å². The SMILES string of the molecule is Cc1cnc(C2CCCN(C(=O)c3cn(C)nc3C)C2)[nH]1. The fraction of sp³-hybridized carbons (Fsp3) is 0.533. The van der Waals surface area contributed by atoms with Crippen LogP contribution in [0, 0.1) is 13.8 Å². The largest absolute Gasteiger partial charge is 0.346 e. The number of likely N-dealkylation sites (tertiary alicyclic amines) is 1. The molecule has 3 rings (SSSR count). The third-order valence-electron chi connectivity index (χ3n) is 4.06. The Hall–Kier alpha value is -2.11. The maximum atomic E-state index is 12.7. The van der Waals surface area contributed by atoms with Crippen LogP contribution in [0.2, 0.25) is 0 Å². The summed E-state index contributed by atoms with van der Waals surface area (Å²) in [6.45, 7) is 5.41. The number of imidazole rings is 1. The second-order valence-electron chi connectivity index (χ2n) is 5.84. The highest BCUT2D eigenvalue weighted by Gasteiger charge is 2.28. The van der Waals surface area contributed by atoms with E-state index in [1.165, 1.54) is 0 Å². The van der Waals surface area contributed by atoms with Gasteiger partial charge in [0.15, 0.2) is 0 Å². The number of aromatic amines is 1. The van der Waals surface area contributed by atoms with Gasteiger partial charge < -0.3 is 9.88 Å². The Morgan fingerprint density at radius 3 is 2.86 bits per heavy atom. The molecule has 1 aliphatic rings. The van der Waals surface area contributed by atoms with Gasteiger partial charge in [0.05, 0.1) is 11.3 Å². The van der Waals surface area contributed by atoms with Crippen molar-refractivity contribution in [2.45, 2.75) is 32.6 Å². The first-order chi connectivity index (χ1) is 10.0. The minimum absolute atomic E-state index is 0.0774. The molecule has 0 spiro atoms. The lowest BCUT2D eigenvalue weighted by molar-refractivity contribution is 0.0704. The van der Waals surface area contributed by atoms with Crippen molar-refractivity contribution in [1.82, 2.24) is 24.6 Å². The molecule has 0 radical (unpaired) electrons. The van der Waals surface area contributed by atoms with Crippen LogP contribution >= 0.6 is 0 Å². The average molecular weight is 287 g/mol. The van der Waals surface area contributed by atoms with E-state index in [0.717, 1.165) is 43.1 Å². The Morgan fingerprint density at radius 2 is 2.24 bits per heavy atom. The van der Waals surface area contributed by atoms with Crippen LogP contribution in [0.1, 0.15) is 46.3 Å². The molecule has 1 aliphatic heterocycles. The molecule has 1 fully saturated rings. The molecule has 6 nitrogen and oxygen atoms in total. The third kappa shape index (κ3) is 2.70. The fourth-order valence-corrected chi connectivity index (χ4v) is 3.01. The number of hydrogen-bond donors (Lipinski definition) is 1. The van der Waals surface area contributed by atoms with Crippen molar-refractivity contribution in [3.8, 4) is 0 Å². The molecule has 1 unspecified atom stereocenters. The number of nitrogens with zero attached hydrogens (tertiary/aromatic N) is 4. The summed E-state index contributed by atoms with van der Waals surface area (Å²) in [5.74, 6) is 1.37. The maximum absolute atomic E-state index is 12.7. The van der Waals surface area contributed by atoms with Gasteiger partial charge >= 0.3 is 0 Å². The molecule has 6 heteroatoms. The van der Waals surface area contributed by atoms with Crippen molar-refractivity contribution in [2.75, 3.05) is 13.1 Å². The lowest BCUT2D eigenvalue weighted by Crippen LogP contribution is -2.39. The predicted molar refractivity (Wildman–Crippen MR) is 79.1 cm³/mol. The van der Waals surface area contributed by atoms with Crippen LogP contribution in [0.5, 0.6) is 0 Å². The molecule has 0 aromatic carbocycles. The molecule has 3 heterocycles. The summed E-state index contributed by atoms with van der Waals surface area (Å²) in [5, 5.41) is 4.26. The highest BCUT2D eigenvalue weighted by molar-refractivity contribution is 5.95. The van der Waals surface area contributed by atoms with E-state index in [-0.39, 0.29) is 5.91 Å². The first-order valence-corrected chi connectivity index (χ1v) is 7.35. The molecule has 1 saturated heterocycles. The van der Waals surface area contributed by atoms with E-state index in [4.69, 9.17) is 0 Å². The van der Waals surface area contributed by atoms with Crippen LogP contribution in [0.25, 0.3) is 0 Å². The van der Waals surface area contributed by atoms with Gasteiger partial charge in [0.25, 0.3) is 5.91 Å². The van der Waals surface area contributed by atoms with E-state index in [9.17, 15) is 4.79 Å². The lowest BCUT2D eigenvalue weighted by Gasteiger charge is -2.31. The number of carbonyl (C=O) groups excluding carboxylic acids is 1. The quantitative estimate of drug-likeness (QED) is 0.915. The summed E-state index contributed by atoms with van der Waals surface area (Å²) in [6, 6.07) is 0. The van der Waals surface area contributed by atoms with Gasteiger partial charge in [-0.05, 0) is 26.7 Å². The van der Waals surface area contributed by atoms with Gasteiger partial charge in [-0.1, -0.05) is 0 Å². The third-order valence-corrected chi connectivity index (χ3v) is 4.06. The van der Waals surface area contributed by atoms with Gasteiger partial charge in [-0.25, -0.2) is 4.98 Å². The molecule has 2 aromatic heterocycles. The molecular weight excluding hydrogens is 266 g/mol. The van der Waals surface area contributed by atoms with Crippen LogP contribution < -0.4 is 0 Å². The minimum Gasteiger partial charge on any atom is -0.346 e. The Balaban J connectivity index is 1.77. The Labute approximate surface area is 124 Å². The number of H-pyrrole nitrogens is 1. The number of aromatic nitrogens is 4. The van der Waals surface area contributed by atoms with Crippen LogP contribution in [0.3, 0.4) is 0 Å². The van der Waals surface area contributed by atoms with Crippen LogP contribution in [-0.2, 0) is 7.05 Å². The number of amides is 1. The summed E-state index contributed by atoms with van der Waals surface area (Å²) in [4.78, 5) is 22.3. The molecule has 1 amide bonds. The highest BCUT2D eigenvalue weighted by atomic mass is 16.2. The molecule has 2 aromatic rings. The predicted octanol–water partition coefficient (Wildman–Crippen LogP) is 1.78. The average Bonchev–Trinajstić information content (AvgIpc) is 3.04. The van der Waals surface area contributed by atoms with Crippen molar-refractivity contribution in [1.29, 1.82) is 0 Å². The number of rotatable bonds is 2. The van der Waals surface area contributed by atoms with Gasteiger partial charge in [-0.3, -0.25) is 9.48 Å². The lowest BCUT2D eigenvalue weighted by atomic mass is 9.97. The molecule has 112 valence electrons. The van der Waals surface area contributed by atoms with Crippen molar-refractivity contribution < 1.29 is 4.79 Å². The van der Waals surface area contributed by atoms with Gasteiger partial charge in [0, 0.05) is 44.1 Å². The van der Waals surface area contributed by atoms with Crippen molar-refractivity contribution in [3.05, 3.63) is 35.2 Å². The van der Waals surface area contributed by atoms with E-state index < -0.39 is 0 Å². The molecule has 1 N–H and O–H groups in total. The van der Waals surface area contributed by atoms with Crippen molar-refractivity contribution in [3.63, 3.8) is 0 Å². The first kappa shape index (κ1) is 13.9. The first-order valence-electron chi connectivity index (χ1n) is 7.35. The molecular formula is C15H21N5O. The molecule has 0 aliphatic carbocycles. The number of carbonyl (C=O) groups is 1. The summed E-state index contributed by atoms with van der Waals surface area (Å²) in [6.07, 6.45) is 5.73. The van der Waals surface area contributed by atoms with Gasteiger partial charge in [-0.2, -0.15) is 5.10 Å². The fourth-order valence-electron chi connectivity index (χ4n) is 3.01. The number of nitrogens with one attached hydrogen (secondary N) is 1. The zero-order valence-electron chi connectivity index (χ0n) is 12.8. The summed E-state index contributed by atoms with van der Waals surface area (Å²) in [5.41, 5.74) is 2.56.